The highest BCUT2D eigenvalue weighted by molar-refractivity contribution is 9.10. The zero-order valence-electron chi connectivity index (χ0n) is 15.5. The number of benzene rings is 1. The summed E-state index contributed by atoms with van der Waals surface area (Å²) in [5, 5.41) is 2.05. The van der Waals surface area contributed by atoms with Gasteiger partial charge in [0, 0.05) is 13.1 Å². The van der Waals surface area contributed by atoms with E-state index in [-0.39, 0.29) is 15.9 Å². The Morgan fingerprint density at radius 3 is 2.68 bits per heavy atom. The van der Waals surface area contributed by atoms with E-state index in [1.807, 2.05) is 12.3 Å². The van der Waals surface area contributed by atoms with Gasteiger partial charge in [-0.2, -0.15) is 0 Å². The molecule has 1 aliphatic heterocycles. The largest absolute Gasteiger partial charge is 0.355 e. The fourth-order valence-corrected chi connectivity index (χ4v) is 5.51. The Morgan fingerprint density at radius 2 is 1.96 bits per heavy atom. The smallest absolute Gasteiger partial charge is 0.165 e. The first-order valence-corrected chi connectivity index (χ1v) is 11.8. The maximum absolute atomic E-state index is 14.6. The second-order valence-electron chi connectivity index (χ2n) is 7.22. The van der Waals surface area contributed by atoms with Crippen molar-refractivity contribution >= 4 is 52.5 Å². The summed E-state index contributed by atoms with van der Waals surface area (Å²) >= 11 is 4.64. The summed E-state index contributed by atoms with van der Waals surface area (Å²) in [5.74, 6) is 0.756. The SMILES string of the molecule is Cc1csc2c(N3CCC(CCP)CC3)nc(-c3cc(F)c(Br)cc3F)nc12. The predicted molar refractivity (Wildman–Crippen MR) is 119 cm³/mol. The van der Waals surface area contributed by atoms with E-state index >= 15 is 0 Å². The van der Waals surface area contributed by atoms with Gasteiger partial charge < -0.3 is 4.90 Å². The van der Waals surface area contributed by atoms with E-state index in [0.717, 1.165) is 71.7 Å². The van der Waals surface area contributed by atoms with Crippen molar-refractivity contribution in [3.63, 3.8) is 0 Å². The lowest BCUT2D eigenvalue weighted by Gasteiger charge is -2.33. The first kappa shape index (κ1) is 20.1. The van der Waals surface area contributed by atoms with Gasteiger partial charge in [-0.1, -0.05) is 0 Å². The van der Waals surface area contributed by atoms with Crippen molar-refractivity contribution in [1.29, 1.82) is 0 Å². The van der Waals surface area contributed by atoms with Gasteiger partial charge in [-0.3, -0.25) is 0 Å². The van der Waals surface area contributed by atoms with Crippen molar-refractivity contribution < 1.29 is 8.78 Å². The number of fused-ring (bicyclic) bond motifs is 1. The van der Waals surface area contributed by atoms with Gasteiger partial charge in [0.1, 0.15) is 11.6 Å². The van der Waals surface area contributed by atoms with Crippen LogP contribution in [-0.4, -0.2) is 29.2 Å². The minimum absolute atomic E-state index is 0.0901. The van der Waals surface area contributed by atoms with Gasteiger partial charge in [-0.25, -0.2) is 18.7 Å². The number of piperidine rings is 1. The fraction of sp³-hybridized carbons (Fsp3) is 0.400. The predicted octanol–water partition coefficient (Wildman–Crippen LogP) is 6.19. The topological polar surface area (TPSA) is 29.0 Å². The molecular weight excluding hydrogens is 463 g/mol. The lowest BCUT2D eigenvalue weighted by atomic mass is 9.94. The van der Waals surface area contributed by atoms with Crippen LogP contribution < -0.4 is 4.90 Å². The number of thiophene rings is 1. The molecule has 0 saturated carbocycles. The highest BCUT2D eigenvalue weighted by Crippen LogP contribution is 2.37. The van der Waals surface area contributed by atoms with Crippen LogP contribution >= 0.6 is 36.5 Å². The third-order valence-corrected chi connectivity index (χ3v) is 7.34. The summed E-state index contributed by atoms with van der Waals surface area (Å²) in [6, 6.07) is 2.30. The summed E-state index contributed by atoms with van der Waals surface area (Å²) in [4.78, 5) is 11.6. The lowest BCUT2D eigenvalue weighted by Crippen LogP contribution is -2.34. The maximum Gasteiger partial charge on any atom is 0.165 e. The van der Waals surface area contributed by atoms with Crippen LogP contribution in [-0.2, 0) is 0 Å². The van der Waals surface area contributed by atoms with Crippen LogP contribution in [0, 0.1) is 24.5 Å². The Morgan fingerprint density at radius 1 is 1.21 bits per heavy atom. The van der Waals surface area contributed by atoms with E-state index in [0.29, 0.717) is 0 Å². The minimum Gasteiger partial charge on any atom is -0.355 e. The van der Waals surface area contributed by atoms with Gasteiger partial charge in [0.15, 0.2) is 11.6 Å². The molecule has 1 unspecified atom stereocenters. The van der Waals surface area contributed by atoms with E-state index in [1.54, 1.807) is 11.3 Å². The molecule has 1 atom stereocenters. The van der Waals surface area contributed by atoms with E-state index in [9.17, 15) is 8.78 Å². The molecule has 0 spiro atoms. The van der Waals surface area contributed by atoms with Gasteiger partial charge in [0.2, 0.25) is 0 Å². The van der Waals surface area contributed by atoms with E-state index in [1.165, 1.54) is 6.42 Å². The normalized spacial score (nSPS) is 15.5. The van der Waals surface area contributed by atoms with Gasteiger partial charge in [0.05, 0.1) is 20.3 Å². The Labute approximate surface area is 177 Å². The number of hydrogen-bond donors (Lipinski definition) is 0. The van der Waals surface area contributed by atoms with Crippen molar-refractivity contribution in [2.45, 2.75) is 26.2 Å². The fourth-order valence-electron chi connectivity index (χ4n) is 3.72. The molecule has 1 aliphatic rings. The number of aryl methyl sites for hydroxylation is 1. The monoisotopic (exact) mass is 483 g/mol. The van der Waals surface area contributed by atoms with E-state index < -0.39 is 11.6 Å². The third kappa shape index (κ3) is 3.81. The second-order valence-corrected chi connectivity index (χ2v) is 9.53. The standard InChI is InChI=1S/C20H21BrF2N3PS/c1-11-10-28-18-17(11)24-19(13-8-16(23)14(21)9-15(13)22)25-20(18)26-5-2-12(3-6-26)4-7-27/h8-10,12H,2-7,27H2,1H3. The zero-order valence-corrected chi connectivity index (χ0v) is 19.1. The Hall–Kier alpha value is -1.17. The molecule has 28 heavy (non-hydrogen) atoms. The third-order valence-electron chi connectivity index (χ3n) is 5.31. The summed E-state index contributed by atoms with van der Waals surface area (Å²) in [6.07, 6.45) is 4.61. The van der Waals surface area contributed by atoms with Crippen LogP contribution in [0.5, 0.6) is 0 Å². The molecule has 3 nitrogen and oxygen atoms in total. The molecule has 1 fully saturated rings. The minimum atomic E-state index is -0.536. The van der Waals surface area contributed by atoms with Crippen LogP contribution in [0.3, 0.4) is 0 Å². The molecule has 148 valence electrons. The molecular formula is C20H21BrF2N3PS. The molecule has 3 aromatic rings. The maximum atomic E-state index is 14.6. The quantitative estimate of drug-likeness (QED) is 0.327. The van der Waals surface area contributed by atoms with Crippen molar-refractivity contribution in [1.82, 2.24) is 9.97 Å². The number of anilines is 1. The van der Waals surface area contributed by atoms with Crippen LogP contribution in [0.15, 0.2) is 22.0 Å². The van der Waals surface area contributed by atoms with Crippen LogP contribution in [0.25, 0.3) is 21.6 Å². The average molecular weight is 484 g/mol. The molecule has 1 saturated heterocycles. The summed E-state index contributed by atoms with van der Waals surface area (Å²) in [6.45, 7) is 3.84. The number of aromatic nitrogens is 2. The molecule has 8 heteroatoms. The van der Waals surface area contributed by atoms with Gasteiger partial charge >= 0.3 is 0 Å². The number of nitrogens with zero attached hydrogens (tertiary/aromatic N) is 3. The highest BCUT2D eigenvalue weighted by Gasteiger charge is 2.24. The van der Waals surface area contributed by atoms with Crippen molar-refractivity contribution in [2.75, 3.05) is 24.2 Å². The summed E-state index contributed by atoms with van der Waals surface area (Å²) in [5.41, 5.74) is 1.94. The number of hydrogen-bond acceptors (Lipinski definition) is 4. The van der Waals surface area contributed by atoms with Crippen LogP contribution in [0.1, 0.15) is 24.8 Å². The van der Waals surface area contributed by atoms with Gasteiger partial charge in [0.25, 0.3) is 0 Å². The Balaban J connectivity index is 1.78. The summed E-state index contributed by atoms with van der Waals surface area (Å²) in [7, 11) is 2.81. The molecule has 1 aromatic carbocycles. The number of rotatable bonds is 4. The molecule has 2 aromatic heterocycles. The van der Waals surface area contributed by atoms with Crippen molar-refractivity contribution in [3.8, 4) is 11.4 Å². The average Bonchev–Trinajstić information content (AvgIpc) is 3.06. The van der Waals surface area contributed by atoms with E-state index in [4.69, 9.17) is 4.98 Å². The van der Waals surface area contributed by atoms with Crippen LogP contribution in [0.4, 0.5) is 14.6 Å². The Bertz CT molecular complexity index is 1020. The summed E-state index contributed by atoms with van der Waals surface area (Å²) < 4.78 is 29.7. The molecule has 4 rings (SSSR count). The molecule has 0 aliphatic carbocycles. The molecule has 0 amide bonds. The van der Waals surface area contributed by atoms with Gasteiger partial charge in [-0.15, -0.1) is 20.6 Å². The van der Waals surface area contributed by atoms with Gasteiger partial charge in [-0.05, 0) is 77.3 Å². The molecule has 0 radical (unpaired) electrons. The first-order valence-electron chi connectivity index (χ1n) is 9.33. The van der Waals surface area contributed by atoms with Crippen LogP contribution in [0.2, 0.25) is 0 Å². The molecule has 0 N–H and O–H groups in total. The number of halogens is 3. The van der Waals surface area contributed by atoms with Crippen molar-refractivity contribution in [2.24, 2.45) is 5.92 Å². The first-order chi connectivity index (χ1) is 13.5. The van der Waals surface area contributed by atoms with Crippen molar-refractivity contribution in [3.05, 3.63) is 39.2 Å². The zero-order chi connectivity index (χ0) is 19.8. The second kappa shape index (κ2) is 8.29. The Kier molecular flexibility index (Phi) is 5.96. The highest BCUT2D eigenvalue weighted by atomic mass is 79.9. The van der Waals surface area contributed by atoms with E-state index in [2.05, 4.69) is 35.1 Å². The molecule has 0 bridgehead atoms. The lowest BCUT2D eigenvalue weighted by molar-refractivity contribution is 0.396. The molecule has 3 heterocycles.